The Hall–Kier alpha value is -3.14. The monoisotopic (exact) mass is 491 g/mol. The number of nitrogens with zero attached hydrogens (tertiary/aromatic N) is 1. The summed E-state index contributed by atoms with van der Waals surface area (Å²) in [5.41, 5.74) is 2.02. The van der Waals surface area contributed by atoms with E-state index in [2.05, 4.69) is 10.6 Å². The molecule has 0 saturated carbocycles. The topological polar surface area (TPSA) is 139 Å². The Morgan fingerprint density at radius 3 is 2.56 bits per heavy atom. The van der Waals surface area contributed by atoms with E-state index in [1.165, 1.54) is 18.2 Å². The van der Waals surface area contributed by atoms with Crippen molar-refractivity contribution in [3.8, 4) is 5.75 Å². The van der Waals surface area contributed by atoms with E-state index in [-0.39, 0.29) is 36.3 Å². The van der Waals surface area contributed by atoms with E-state index >= 15 is 0 Å². The summed E-state index contributed by atoms with van der Waals surface area (Å²) >= 11 is 0. The van der Waals surface area contributed by atoms with Gasteiger partial charge in [-0.15, -0.1) is 12.4 Å². The minimum absolute atomic E-state index is 0. The molecule has 9 nitrogen and oxygen atoms in total. The standard InChI is InChI=1S/C24H29N3O6.ClH/c1-24(2,11-12-27-18-6-4-3-5-15(18)8-10-21(27)30)25-14-20(29)16-7-9-19(28)17(13-16)26-22(31)23(32)33;/h3-7,9,13,20,25,28-29H,8,10-12,14H2,1-2H3,(H,26,31)(H,32,33);1H. The minimum Gasteiger partial charge on any atom is -0.506 e. The number of carbonyl (C=O) groups is 3. The Bertz CT molecular complexity index is 1060. The van der Waals surface area contributed by atoms with Crippen LogP contribution >= 0.6 is 12.4 Å². The molecule has 0 saturated heterocycles. The number of para-hydroxylation sites is 1. The normalized spacial score (nSPS) is 14.1. The van der Waals surface area contributed by atoms with Gasteiger partial charge >= 0.3 is 11.9 Å². The number of aliphatic hydroxyl groups is 1. The fourth-order valence-electron chi connectivity index (χ4n) is 3.75. The highest BCUT2D eigenvalue weighted by Gasteiger charge is 2.27. The highest BCUT2D eigenvalue weighted by Crippen LogP contribution is 2.29. The van der Waals surface area contributed by atoms with Gasteiger partial charge in [-0.3, -0.25) is 9.59 Å². The summed E-state index contributed by atoms with van der Waals surface area (Å²) in [6.45, 7) is 4.68. The number of nitrogens with one attached hydrogen (secondary N) is 2. The first-order valence-electron chi connectivity index (χ1n) is 10.8. The zero-order valence-corrected chi connectivity index (χ0v) is 19.9. The Morgan fingerprint density at radius 1 is 1.15 bits per heavy atom. The summed E-state index contributed by atoms with van der Waals surface area (Å²) < 4.78 is 0. The number of hydrogen-bond acceptors (Lipinski definition) is 6. The zero-order chi connectivity index (χ0) is 24.2. The highest BCUT2D eigenvalue weighted by molar-refractivity contribution is 6.36. The summed E-state index contributed by atoms with van der Waals surface area (Å²) in [5.74, 6) is -3.17. The van der Waals surface area contributed by atoms with E-state index in [0.29, 0.717) is 24.9 Å². The molecule has 2 aromatic rings. The molecule has 10 heteroatoms. The van der Waals surface area contributed by atoms with Gasteiger partial charge in [0.1, 0.15) is 5.75 Å². The fraction of sp³-hybridized carbons (Fsp3) is 0.375. The van der Waals surface area contributed by atoms with Crippen LogP contribution in [0.25, 0.3) is 0 Å². The predicted octanol–water partition coefficient (Wildman–Crippen LogP) is 2.61. The van der Waals surface area contributed by atoms with E-state index in [1.807, 2.05) is 43.0 Å². The van der Waals surface area contributed by atoms with E-state index < -0.39 is 23.5 Å². The molecule has 0 aliphatic carbocycles. The molecule has 3 rings (SSSR count). The minimum atomic E-state index is -1.68. The first-order valence-corrected chi connectivity index (χ1v) is 10.8. The number of aliphatic carboxylic acids is 1. The Balaban J connectivity index is 0.00000408. The molecule has 2 amide bonds. The number of carboxylic acid groups (broad SMARTS) is 1. The summed E-state index contributed by atoms with van der Waals surface area (Å²) in [6.07, 6.45) is 0.921. The fourth-order valence-corrected chi connectivity index (χ4v) is 3.75. The number of phenols is 1. The smallest absolute Gasteiger partial charge is 0.394 e. The third-order valence-corrected chi connectivity index (χ3v) is 5.77. The lowest BCUT2D eigenvalue weighted by Crippen LogP contribution is -2.46. The van der Waals surface area contributed by atoms with Gasteiger partial charge in [-0.25, -0.2) is 4.79 Å². The number of amides is 2. The average Bonchev–Trinajstić information content (AvgIpc) is 2.78. The van der Waals surface area contributed by atoms with Crippen molar-refractivity contribution in [3.05, 3.63) is 53.6 Å². The maximum absolute atomic E-state index is 12.5. The number of fused-ring (bicyclic) bond motifs is 1. The second-order valence-electron chi connectivity index (χ2n) is 8.74. The molecule has 1 unspecified atom stereocenters. The van der Waals surface area contributed by atoms with E-state index in [9.17, 15) is 24.6 Å². The van der Waals surface area contributed by atoms with Gasteiger partial charge in [0.05, 0.1) is 11.8 Å². The van der Waals surface area contributed by atoms with E-state index in [1.54, 1.807) is 0 Å². The van der Waals surface area contributed by atoms with Gasteiger partial charge in [0.15, 0.2) is 0 Å². The third kappa shape index (κ3) is 6.69. The van der Waals surface area contributed by atoms with E-state index in [4.69, 9.17) is 5.11 Å². The van der Waals surface area contributed by atoms with Crippen LogP contribution in [0.2, 0.25) is 0 Å². The molecule has 0 bridgehead atoms. The Labute approximate surface area is 204 Å². The molecule has 5 N–H and O–H groups in total. The third-order valence-electron chi connectivity index (χ3n) is 5.77. The number of hydrogen-bond donors (Lipinski definition) is 5. The molecule has 0 radical (unpaired) electrons. The second kappa shape index (κ2) is 11.3. The van der Waals surface area contributed by atoms with Gasteiger partial charge in [0, 0.05) is 30.7 Å². The number of aromatic hydroxyl groups is 1. The number of aryl methyl sites for hydroxylation is 1. The molecule has 1 aliphatic rings. The number of β-amino-alcohol motifs (C(OH)–C–C–N with tert-alkyl or cyclic N) is 1. The van der Waals surface area contributed by atoms with Crippen LogP contribution in [0.1, 0.15) is 43.9 Å². The van der Waals surface area contributed by atoms with E-state index in [0.717, 1.165) is 17.7 Å². The average molecular weight is 492 g/mol. The molecule has 184 valence electrons. The van der Waals surface area contributed by atoms with Crippen LogP contribution in [0.5, 0.6) is 5.75 Å². The van der Waals surface area contributed by atoms with Crippen molar-refractivity contribution in [2.75, 3.05) is 23.3 Å². The van der Waals surface area contributed by atoms with Crippen molar-refractivity contribution >= 4 is 41.6 Å². The number of rotatable bonds is 8. The summed E-state index contributed by atoms with van der Waals surface area (Å²) in [6, 6.07) is 12.0. The predicted molar refractivity (Wildman–Crippen MR) is 130 cm³/mol. The van der Waals surface area contributed by atoms with Gasteiger partial charge in [-0.1, -0.05) is 24.3 Å². The SMILES string of the molecule is CC(C)(CCN1C(=O)CCc2ccccc21)NCC(O)c1ccc(O)c(NC(=O)C(=O)O)c1.Cl. The molecule has 1 heterocycles. The maximum Gasteiger partial charge on any atom is 0.394 e. The van der Waals surface area contributed by atoms with Crippen molar-refractivity contribution < 1.29 is 29.7 Å². The van der Waals surface area contributed by atoms with Gasteiger partial charge in [-0.05, 0) is 56.0 Å². The molecule has 0 aromatic heterocycles. The molecule has 1 atom stereocenters. The summed E-state index contributed by atoms with van der Waals surface area (Å²) in [7, 11) is 0. The van der Waals surface area contributed by atoms with Crippen molar-refractivity contribution in [1.29, 1.82) is 0 Å². The molecular formula is C24H30ClN3O6. The van der Waals surface area contributed by atoms with Crippen LogP contribution in [0.15, 0.2) is 42.5 Å². The number of aliphatic hydroxyl groups excluding tert-OH is 1. The number of halogens is 1. The lowest BCUT2D eigenvalue weighted by atomic mass is 9.96. The van der Waals surface area contributed by atoms with Crippen LogP contribution in [0.4, 0.5) is 11.4 Å². The van der Waals surface area contributed by atoms with Crippen molar-refractivity contribution in [2.24, 2.45) is 0 Å². The lowest BCUT2D eigenvalue weighted by Gasteiger charge is -2.34. The molecule has 0 fully saturated rings. The molecule has 1 aliphatic heterocycles. The summed E-state index contributed by atoms with van der Waals surface area (Å²) in [5, 5.41) is 34.6. The van der Waals surface area contributed by atoms with Crippen LogP contribution in [-0.4, -0.2) is 51.7 Å². The Kier molecular flexibility index (Phi) is 9.03. The number of benzene rings is 2. The van der Waals surface area contributed by atoms with Gasteiger partial charge in [0.2, 0.25) is 5.91 Å². The van der Waals surface area contributed by atoms with Gasteiger partial charge < -0.3 is 30.9 Å². The van der Waals surface area contributed by atoms with Crippen LogP contribution < -0.4 is 15.5 Å². The Morgan fingerprint density at radius 2 is 1.85 bits per heavy atom. The van der Waals surface area contributed by atoms with Crippen LogP contribution in [0, 0.1) is 0 Å². The maximum atomic E-state index is 12.5. The highest BCUT2D eigenvalue weighted by atomic mass is 35.5. The molecular weight excluding hydrogens is 462 g/mol. The molecule has 2 aromatic carbocycles. The van der Waals surface area contributed by atoms with Crippen molar-refractivity contribution in [3.63, 3.8) is 0 Å². The second-order valence-corrected chi connectivity index (χ2v) is 8.74. The van der Waals surface area contributed by atoms with Gasteiger partial charge in [0.25, 0.3) is 0 Å². The number of carboxylic acids is 1. The number of carbonyl (C=O) groups excluding carboxylic acids is 2. The van der Waals surface area contributed by atoms with Crippen molar-refractivity contribution in [2.45, 2.75) is 44.8 Å². The number of anilines is 2. The van der Waals surface area contributed by atoms with Gasteiger partial charge in [-0.2, -0.15) is 0 Å². The first-order chi connectivity index (χ1) is 15.6. The van der Waals surface area contributed by atoms with Crippen LogP contribution in [-0.2, 0) is 20.8 Å². The quantitative estimate of drug-likeness (QED) is 0.282. The molecule has 0 spiro atoms. The molecule has 34 heavy (non-hydrogen) atoms. The largest absolute Gasteiger partial charge is 0.506 e. The first kappa shape index (κ1) is 27.1. The van der Waals surface area contributed by atoms with Crippen molar-refractivity contribution in [1.82, 2.24) is 5.32 Å². The number of phenolic OH excluding ortho intramolecular Hbond substituents is 1. The summed E-state index contributed by atoms with van der Waals surface area (Å²) in [4.78, 5) is 36.4. The lowest BCUT2D eigenvalue weighted by molar-refractivity contribution is -0.147. The zero-order valence-electron chi connectivity index (χ0n) is 19.1. The van der Waals surface area contributed by atoms with Crippen LogP contribution in [0.3, 0.4) is 0 Å².